The molecule has 0 aliphatic carbocycles. The van der Waals surface area contributed by atoms with E-state index >= 15 is 0 Å². The molecule has 0 spiro atoms. The number of ether oxygens (including phenoxy) is 2. The number of rotatable bonds is 25. The first-order chi connectivity index (χ1) is 17.9. The maximum absolute atomic E-state index is 5.76. The highest BCUT2D eigenvalue weighted by Crippen LogP contribution is 2.16. The first-order valence-electron chi connectivity index (χ1n) is 15.3. The van der Waals surface area contributed by atoms with E-state index < -0.39 is 0 Å². The first kappa shape index (κ1) is 30.3. The predicted octanol–water partition coefficient (Wildman–Crippen LogP) is 10.9. The van der Waals surface area contributed by atoms with Crippen molar-refractivity contribution >= 4 is 0 Å². The van der Waals surface area contributed by atoms with Crippen molar-refractivity contribution in [2.45, 2.75) is 128 Å². The van der Waals surface area contributed by atoms with E-state index in [4.69, 9.17) is 9.47 Å². The Kier molecular flexibility index (Phi) is 19.7. The lowest BCUT2D eigenvalue weighted by atomic mass is 10.0. The van der Waals surface area contributed by atoms with E-state index in [2.05, 4.69) is 0 Å². The van der Waals surface area contributed by atoms with E-state index in [0.717, 1.165) is 24.7 Å². The summed E-state index contributed by atoms with van der Waals surface area (Å²) in [5, 5.41) is 0. The fourth-order valence-corrected chi connectivity index (χ4v) is 4.80. The Bertz CT molecular complexity index is 623. The Morgan fingerprint density at radius 3 is 0.750 bits per heavy atom. The van der Waals surface area contributed by atoms with Crippen molar-refractivity contribution in [1.82, 2.24) is 0 Å². The van der Waals surface area contributed by atoms with Crippen molar-refractivity contribution in [2.75, 3.05) is 13.2 Å². The Morgan fingerprint density at radius 2 is 0.500 bits per heavy atom. The van der Waals surface area contributed by atoms with Crippen LogP contribution in [0.2, 0.25) is 0 Å². The van der Waals surface area contributed by atoms with Gasteiger partial charge in [0.15, 0.2) is 0 Å². The van der Waals surface area contributed by atoms with Crippen LogP contribution in [0.4, 0.5) is 0 Å². The molecule has 0 atom stereocenters. The molecular weight excluding hydrogens is 440 g/mol. The van der Waals surface area contributed by atoms with Crippen LogP contribution in [-0.4, -0.2) is 13.2 Å². The monoisotopic (exact) mass is 494 g/mol. The zero-order chi connectivity index (χ0) is 25.2. The molecule has 0 unspecified atom stereocenters. The second-order valence-electron chi connectivity index (χ2n) is 10.4. The molecule has 0 aliphatic rings. The Labute approximate surface area is 223 Å². The Hall–Kier alpha value is -1.96. The molecule has 0 amide bonds. The van der Waals surface area contributed by atoms with Gasteiger partial charge in [0.1, 0.15) is 11.5 Å². The van der Waals surface area contributed by atoms with Gasteiger partial charge in [-0.25, -0.2) is 0 Å². The molecule has 0 radical (unpaired) electrons. The van der Waals surface area contributed by atoms with E-state index in [-0.39, 0.29) is 0 Å². The summed E-state index contributed by atoms with van der Waals surface area (Å²) in [6.07, 6.45) is 27.8. The molecule has 2 rings (SSSR count). The summed E-state index contributed by atoms with van der Waals surface area (Å²) in [6.45, 7) is 1.71. The van der Waals surface area contributed by atoms with Crippen LogP contribution in [0, 0.1) is 0 Å². The van der Waals surface area contributed by atoms with Gasteiger partial charge in [-0.05, 0) is 37.1 Å². The fourth-order valence-electron chi connectivity index (χ4n) is 4.80. The lowest BCUT2D eigenvalue weighted by molar-refractivity contribution is 0.304. The van der Waals surface area contributed by atoms with Crippen molar-refractivity contribution in [2.24, 2.45) is 0 Å². The molecule has 2 aromatic rings. The van der Waals surface area contributed by atoms with Gasteiger partial charge in [0.05, 0.1) is 13.2 Å². The zero-order valence-electron chi connectivity index (χ0n) is 23.1. The van der Waals surface area contributed by atoms with Gasteiger partial charge in [-0.3, -0.25) is 0 Å². The van der Waals surface area contributed by atoms with Crippen LogP contribution in [0.15, 0.2) is 60.7 Å². The van der Waals surface area contributed by atoms with Crippen molar-refractivity contribution in [1.29, 1.82) is 0 Å². The van der Waals surface area contributed by atoms with Crippen molar-refractivity contribution in [3.8, 4) is 11.5 Å². The standard InChI is InChI=1S/C34H54O2/c1(3-5-7-9-11-13-15-17-25-31-35-33-27-21-19-22-28-33)2-4-6-8-10-12-14-16-18-26-32-36-34-29-23-20-24-30-34/h19-24,27-30H,1-18,25-26,31-32H2. The molecule has 202 valence electrons. The summed E-state index contributed by atoms with van der Waals surface area (Å²) in [5.41, 5.74) is 0. The molecule has 0 saturated heterocycles. The molecule has 0 aliphatic heterocycles. The summed E-state index contributed by atoms with van der Waals surface area (Å²) in [6, 6.07) is 20.3. The van der Waals surface area contributed by atoms with Crippen LogP contribution in [-0.2, 0) is 0 Å². The van der Waals surface area contributed by atoms with Crippen LogP contribution in [0.3, 0.4) is 0 Å². The van der Waals surface area contributed by atoms with Crippen LogP contribution in [0.1, 0.15) is 128 Å². The lowest BCUT2D eigenvalue weighted by Crippen LogP contribution is -1.96. The second kappa shape index (κ2) is 23.4. The van der Waals surface area contributed by atoms with Crippen molar-refractivity contribution in [3.05, 3.63) is 60.7 Å². The molecule has 0 fully saturated rings. The van der Waals surface area contributed by atoms with E-state index in [0.29, 0.717) is 0 Å². The largest absolute Gasteiger partial charge is 0.494 e. The number of unbranched alkanes of at least 4 members (excludes halogenated alkanes) is 19. The van der Waals surface area contributed by atoms with Gasteiger partial charge < -0.3 is 9.47 Å². The topological polar surface area (TPSA) is 18.5 Å². The summed E-state index contributed by atoms with van der Waals surface area (Å²) < 4.78 is 11.5. The van der Waals surface area contributed by atoms with Gasteiger partial charge >= 0.3 is 0 Å². The average Bonchev–Trinajstić information content (AvgIpc) is 2.92. The van der Waals surface area contributed by atoms with E-state index in [1.165, 1.54) is 128 Å². The van der Waals surface area contributed by atoms with Crippen molar-refractivity contribution in [3.63, 3.8) is 0 Å². The first-order valence-corrected chi connectivity index (χ1v) is 15.3. The van der Waals surface area contributed by atoms with Crippen molar-refractivity contribution < 1.29 is 9.47 Å². The highest BCUT2D eigenvalue weighted by Gasteiger charge is 1.97. The predicted molar refractivity (Wildman–Crippen MR) is 156 cm³/mol. The quantitative estimate of drug-likeness (QED) is 0.128. The lowest BCUT2D eigenvalue weighted by Gasteiger charge is -2.06. The molecule has 2 heteroatoms. The summed E-state index contributed by atoms with van der Waals surface area (Å²) in [7, 11) is 0. The van der Waals surface area contributed by atoms with Gasteiger partial charge in [0.25, 0.3) is 0 Å². The van der Waals surface area contributed by atoms with Crippen LogP contribution < -0.4 is 9.47 Å². The number of hydrogen-bond donors (Lipinski definition) is 0. The Balaban J connectivity index is 1.18. The minimum Gasteiger partial charge on any atom is -0.494 e. The highest BCUT2D eigenvalue weighted by molar-refractivity contribution is 5.21. The van der Waals surface area contributed by atoms with E-state index in [9.17, 15) is 0 Å². The third-order valence-corrected chi connectivity index (χ3v) is 7.06. The summed E-state index contributed by atoms with van der Waals surface area (Å²) in [5.74, 6) is 2.00. The maximum atomic E-state index is 5.76. The third kappa shape index (κ3) is 18.3. The summed E-state index contributed by atoms with van der Waals surface area (Å²) >= 11 is 0. The molecular formula is C34H54O2. The molecule has 0 heterocycles. The highest BCUT2D eigenvalue weighted by atomic mass is 16.5. The maximum Gasteiger partial charge on any atom is 0.119 e. The zero-order valence-corrected chi connectivity index (χ0v) is 23.1. The smallest absolute Gasteiger partial charge is 0.119 e. The van der Waals surface area contributed by atoms with Gasteiger partial charge in [-0.15, -0.1) is 0 Å². The SMILES string of the molecule is c1ccc(OCCCCCCCCCCCCCCCCCCCCCCOc2ccccc2)cc1. The molecule has 36 heavy (non-hydrogen) atoms. The third-order valence-electron chi connectivity index (χ3n) is 7.06. The van der Waals surface area contributed by atoms with Gasteiger partial charge in [-0.2, -0.15) is 0 Å². The van der Waals surface area contributed by atoms with Gasteiger partial charge in [-0.1, -0.05) is 152 Å². The van der Waals surface area contributed by atoms with Gasteiger partial charge in [0.2, 0.25) is 0 Å². The normalized spacial score (nSPS) is 11.0. The molecule has 2 aromatic carbocycles. The van der Waals surface area contributed by atoms with Crippen LogP contribution in [0.25, 0.3) is 0 Å². The number of benzene rings is 2. The molecule has 0 aromatic heterocycles. The number of hydrogen-bond acceptors (Lipinski definition) is 2. The molecule has 0 bridgehead atoms. The van der Waals surface area contributed by atoms with Crippen LogP contribution >= 0.6 is 0 Å². The molecule has 0 saturated carbocycles. The minimum atomic E-state index is 0.857. The van der Waals surface area contributed by atoms with E-state index in [1.807, 2.05) is 60.7 Å². The summed E-state index contributed by atoms with van der Waals surface area (Å²) in [4.78, 5) is 0. The Morgan fingerprint density at radius 1 is 0.278 bits per heavy atom. The number of para-hydroxylation sites is 2. The van der Waals surface area contributed by atoms with E-state index in [1.54, 1.807) is 0 Å². The second-order valence-corrected chi connectivity index (χ2v) is 10.4. The minimum absolute atomic E-state index is 0.857. The van der Waals surface area contributed by atoms with Crippen LogP contribution in [0.5, 0.6) is 11.5 Å². The van der Waals surface area contributed by atoms with Gasteiger partial charge in [0, 0.05) is 0 Å². The average molecular weight is 495 g/mol. The fraction of sp³-hybridized carbons (Fsp3) is 0.647. The molecule has 0 N–H and O–H groups in total. The molecule has 2 nitrogen and oxygen atoms in total.